The van der Waals surface area contributed by atoms with Crippen molar-refractivity contribution in [2.75, 3.05) is 25.4 Å². The predicted molar refractivity (Wildman–Crippen MR) is 106 cm³/mol. The summed E-state index contributed by atoms with van der Waals surface area (Å²) in [5, 5.41) is 3.40. The summed E-state index contributed by atoms with van der Waals surface area (Å²) < 4.78 is 5.06. The fourth-order valence-electron chi connectivity index (χ4n) is 2.95. The second kappa shape index (κ2) is 10.6. The number of ether oxygens (including phenoxy) is 1. The van der Waals surface area contributed by atoms with Crippen LogP contribution in [0.25, 0.3) is 0 Å². The number of amides is 2. The maximum absolute atomic E-state index is 12.9. The largest absolute Gasteiger partial charge is 0.466 e. The molecule has 1 unspecified atom stereocenters. The molecule has 148 valence electrons. The first kappa shape index (κ1) is 21.6. The Balaban J connectivity index is 1.93. The fourth-order valence-corrected chi connectivity index (χ4v) is 3.99. The molecule has 6 nitrogen and oxygen atoms in total. The Morgan fingerprint density at radius 1 is 1.26 bits per heavy atom. The van der Waals surface area contributed by atoms with E-state index in [9.17, 15) is 14.4 Å². The first-order chi connectivity index (χ1) is 12.9. The molecule has 1 N–H and O–H groups in total. The van der Waals surface area contributed by atoms with Crippen LogP contribution < -0.4 is 5.32 Å². The number of benzene rings is 1. The Morgan fingerprint density at radius 3 is 2.44 bits per heavy atom. The van der Waals surface area contributed by atoms with Gasteiger partial charge in [-0.05, 0) is 44.0 Å². The molecule has 0 radical (unpaired) electrons. The molecule has 2 rings (SSSR count). The second-order valence-corrected chi connectivity index (χ2v) is 7.90. The molecule has 0 aliphatic carbocycles. The van der Waals surface area contributed by atoms with Crippen LogP contribution in [0, 0.1) is 5.92 Å². The number of rotatable bonds is 7. The fraction of sp³-hybridized carbons (Fsp3) is 0.526. The van der Waals surface area contributed by atoms with Gasteiger partial charge in [0, 0.05) is 35.7 Å². The zero-order chi connectivity index (χ0) is 19.8. The molecular formula is C19H25ClN2O4S. The molecule has 1 aliphatic heterocycles. The van der Waals surface area contributed by atoms with Crippen LogP contribution in [0.2, 0.25) is 5.02 Å². The van der Waals surface area contributed by atoms with Gasteiger partial charge in [0.05, 0.1) is 12.5 Å². The van der Waals surface area contributed by atoms with E-state index in [1.807, 2.05) is 12.1 Å². The van der Waals surface area contributed by atoms with Gasteiger partial charge in [0.1, 0.15) is 6.04 Å². The average Bonchev–Trinajstić information content (AvgIpc) is 2.66. The third-order valence-corrected chi connectivity index (χ3v) is 5.69. The molecular weight excluding hydrogens is 388 g/mol. The van der Waals surface area contributed by atoms with E-state index in [0.717, 1.165) is 4.90 Å². The molecule has 2 amide bonds. The minimum absolute atomic E-state index is 0.117. The number of carbonyl (C=O) groups is 3. The van der Waals surface area contributed by atoms with E-state index in [1.165, 1.54) is 18.7 Å². The van der Waals surface area contributed by atoms with Crippen LogP contribution in [0.1, 0.15) is 26.7 Å². The molecule has 1 heterocycles. The van der Waals surface area contributed by atoms with Crippen LogP contribution >= 0.6 is 23.4 Å². The molecule has 0 spiro atoms. The van der Waals surface area contributed by atoms with Crippen molar-refractivity contribution >= 4 is 41.1 Å². The smallest absolute Gasteiger partial charge is 0.309 e. The van der Waals surface area contributed by atoms with Crippen LogP contribution in [0.15, 0.2) is 29.2 Å². The number of likely N-dealkylation sites (tertiary alicyclic amines) is 1. The minimum atomic E-state index is -0.609. The summed E-state index contributed by atoms with van der Waals surface area (Å²) in [6.07, 6.45) is 1.17. The highest BCUT2D eigenvalue weighted by atomic mass is 35.5. The lowest BCUT2D eigenvalue weighted by atomic mass is 9.96. The number of carbonyl (C=O) groups excluding carboxylic acids is 3. The molecule has 1 aliphatic rings. The summed E-state index contributed by atoms with van der Waals surface area (Å²) in [4.78, 5) is 39.0. The van der Waals surface area contributed by atoms with E-state index in [2.05, 4.69) is 5.32 Å². The highest BCUT2D eigenvalue weighted by Crippen LogP contribution is 2.23. The second-order valence-electron chi connectivity index (χ2n) is 6.37. The number of hydrogen-bond donors (Lipinski definition) is 1. The van der Waals surface area contributed by atoms with Gasteiger partial charge in [-0.25, -0.2) is 0 Å². The Bertz CT molecular complexity index is 660. The van der Waals surface area contributed by atoms with Crippen molar-refractivity contribution in [1.82, 2.24) is 10.2 Å². The van der Waals surface area contributed by atoms with Gasteiger partial charge in [0.25, 0.3) is 0 Å². The van der Waals surface area contributed by atoms with E-state index < -0.39 is 6.04 Å². The van der Waals surface area contributed by atoms with Crippen LogP contribution in [-0.4, -0.2) is 54.2 Å². The first-order valence-corrected chi connectivity index (χ1v) is 10.4. The normalized spacial score (nSPS) is 15.9. The molecule has 27 heavy (non-hydrogen) atoms. The van der Waals surface area contributed by atoms with Gasteiger partial charge in [-0.15, -0.1) is 11.8 Å². The molecule has 1 aromatic rings. The molecule has 1 saturated heterocycles. The Hall–Kier alpha value is -1.73. The van der Waals surface area contributed by atoms with Gasteiger partial charge in [0.2, 0.25) is 11.8 Å². The summed E-state index contributed by atoms with van der Waals surface area (Å²) in [5.74, 6) is -0.281. The maximum Gasteiger partial charge on any atom is 0.309 e. The Morgan fingerprint density at radius 2 is 1.89 bits per heavy atom. The quantitative estimate of drug-likeness (QED) is 0.550. The van der Waals surface area contributed by atoms with E-state index in [0.29, 0.717) is 43.3 Å². The monoisotopic (exact) mass is 412 g/mol. The van der Waals surface area contributed by atoms with Gasteiger partial charge >= 0.3 is 5.97 Å². The number of nitrogens with one attached hydrogen (secondary N) is 1. The zero-order valence-corrected chi connectivity index (χ0v) is 17.1. The average molecular weight is 413 g/mol. The van der Waals surface area contributed by atoms with Crippen LogP contribution in [0.3, 0.4) is 0 Å². The lowest BCUT2D eigenvalue weighted by Crippen LogP contribution is -2.52. The molecule has 1 fully saturated rings. The van der Waals surface area contributed by atoms with Crippen molar-refractivity contribution in [1.29, 1.82) is 0 Å². The molecule has 8 heteroatoms. The van der Waals surface area contributed by atoms with Crippen molar-refractivity contribution in [2.45, 2.75) is 37.6 Å². The topological polar surface area (TPSA) is 75.7 Å². The Labute approximate surface area is 169 Å². The van der Waals surface area contributed by atoms with Crippen LogP contribution in [0.5, 0.6) is 0 Å². The summed E-state index contributed by atoms with van der Waals surface area (Å²) in [6, 6.07) is 6.74. The number of hydrogen-bond acceptors (Lipinski definition) is 5. The molecule has 0 aromatic heterocycles. The first-order valence-electron chi connectivity index (χ1n) is 9.01. The van der Waals surface area contributed by atoms with Crippen LogP contribution in [-0.2, 0) is 19.1 Å². The van der Waals surface area contributed by atoms with E-state index in [4.69, 9.17) is 16.3 Å². The summed E-state index contributed by atoms with van der Waals surface area (Å²) in [5.41, 5.74) is 0. The highest BCUT2D eigenvalue weighted by Gasteiger charge is 2.31. The number of esters is 1. The van der Waals surface area contributed by atoms with Gasteiger partial charge < -0.3 is 15.0 Å². The number of thioether (sulfide) groups is 1. The standard InChI is InChI=1S/C19H25ClN2O4S/c1-3-26-19(25)14-8-10-22(11-9-14)18(24)17(21-13(2)23)12-27-16-6-4-15(20)5-7-16/h4-7,14,17H,3,8-12H2,1-2H3,(H,21,23). The lowest BCUT2D eigenvalue weighted by molar-refractivity contribution is -0.151. The number of nitrogens with zero attached hydrogens (tertiary/aromatic N) is 1. The zero-order valence-electron chi connectivity index (χ0n) is 15.6. The molecule has 1 atom stereocenters. The molecule has 1 aromatic carbocycles. The Kier molecular flexibility index (Phi) is 8.44. The third-order valence-electron chi connectivity index (χ3n) is 4.33. The van der Waals surface area contributed by atoms with Crippen molar-refractivity contribution < 1.29 is 19.1 Å². The van der Waals surface area contributed by atoms with Crippen molar-refractivity contribution in [3.8, 4) is 0 Å². The maximum atomic E-state index is 12.9. The summed E-state index contributed by atoms with van der Waals surface area (Å²) in [6.45, 7) is 4.53. The van der Waals surface area contributed by atoms with E-state index >= 15 is 0 Å². The van der Waals surface area contributed by atoms with E-state index in [-0.39, 0.29) is 23.7 Å². The minimum Gasteiger partial charge on any atom is -0.466 e. The highest BCUT2D eigenvalue weighted by molar-refractivity contribution is 7.99. The van der Waals surface area contributed by atoms with Gasteiger partial charge in [-0.3, -0.25) is 14.4 Å². The molecule has 0 saturated carbocycles. The van der Waals surface area contributed by atoms with Gasteiger partial charge in [-0.1, -0.05) is 11.6 Å². The number of halogens is 1. The summed E-state index contributed by atoms with van der Waals surface area (Å²) >= 11 is 7.38. The SMILES string of the molecule is CCOC(=O)C1CCN(C(=O)C(CSc2ccc(Cl)cc2)NC(C)=O)CC1. The summed E-state index contributed by atoms with van der Waals surface area (Å²) in [7, 11) is 0. The van der Waals surface area contributed by atoms with Crippen molar-refractivity contribution in [2.24, 2.45) is 5.92 Å². The number of piperidine rings is 1. The van der Waals surface area contributed by atoms with E-state index in [1.54, 1.807) is 24.0 Å². The van der Waals surface area contributed by atoms with Crippen molar-refractivity contribution in [3.05, 3.63) is 29.3 Å². The molecule has 0 bridgehead atoms. The van der Waals surface area contributed by atoms with Crippen LogP contribution in [0.4, 0.5) is 0 Å². The third kappa shape index (κ3) is 6.74. The van der Waals surface area contributed by atoms with Gasteiger partial charge in [0.15, 0.2) is 0 Å². The predicted octanol–water partition coefficient (Wildman–Crippen LogP) is 2.74. The van der Waals surface area contributed by atoms with Gasteiger partial charge in [-0.2, -0.15) is 0 Å². The van der Waals surface area contributed by atoms with Crippen molar-refractivity contribution in [3.63, 3.8) is 0 Å². The lowest BCUT2D eigenvalue weighted by Gasteiger charge is -2.33.